The topological polar surface area (TPSA) is 78.9 Å². The molecule has 2 rings (SSSR count). The number of hydrogen-bond donors (Lipinski definition) is 0. The van der Waals surface area contributed by atoms with E-state index in [1.807, 2.05) is 12.1 Å². The predicted molar refractivity (Wildman–Crippen MR) is 102 cm³/mol. The molecule has 0 amide bonds. The molecule has 0 heterocycles. The summed E-state index contributed by atoms with van der Waals surface area (Å²) >= 11 is 0. The Kier molecular flexibility index (Phi) is 7.67. The molecule has 0 saturated heterocycles. The minimum atomic E-state index is -3.35. The van der Waals surface area contributed by atoms with E-state index in [0.29, 0.717) is 17.9 Å². The van der Waals surface area contributed by atoms with Gasteiger partial charge in [-0.3, -0.25) is 4.79 Å². The highest BCUT2D eigenvalue weighted by Gasteiger charge is 2.15. The minimum Gasteiger partial charge on any atom is -0.493 e. The summed E-state index contributed by atoms with van der Waals surface area (Å²) in [5.41, 5.74) is 0.848. The Morgan fingerprint density at radius 1 is 0.963 bits per heavy atom. The second-order valence-electron chi connectivity index (χ2n) is 5.86. The molecule has 0 spiro atoms. The molecular weight excluding hydrogens is 368 g/mol. The van der Waals surface area contributed by atoms with Crippen molar-refractivity contribution in [2.45, 2.75) is 24.2 Å². The number of esters is 1. The molecule has 0 aliphatic heterocycles. The fourth-order valence-electron chi connectivity index (χ4n) is 2.64. The van der Waals surface area contributed by atoms with Crippen LogP contribution in [0.2, 0.25) is 0 Å². The lowest BCUT2D eigenvalue weighted by Crippen LogP contribution is -2.12. The molecule has 0 aromatic heterocycles. The molecule has 0 saturated carbocycles. The third-order valence-corrected chi connectivity index (χ3v) is 5.82. The van der Waals surface area contributed by atoms with Crippen molar-refractivity contribution in [1.29, 1.82) is 0 Å². The molecule has 0 N–H and O–H groups in total. The Labute approximate surface area is 160 Å². The Hall–Kier alpha value is -2.54. The van der Waals surface area contributed by atoms with Crippen molar-refractivity contribution in [1.82, 2.24) is 0 Å². The number of aryl methyl sites for hydroxylation is 1. The smallest absolute Gasteiger partial charge is 0.306 e. The van der Waals surface area contributed by atoms with E-state index in [-0.39, 0.29) is 36.1 Å². The third kappa shape index (κ3) is 5.99. The second kappa shape index (κ2) is 9.97. The minimum absolute atomic E-state index is 0.0615. The van der Waals surface area contributed by atoms with Gasteiger partial charge >= 0.3 is 5.97 Å². The molecule has 0 unspecified atom stereocenters. The van der Waals surface area contributed by atoms with Gasteiger partial charge in [0.15, 0.2) is 21.3 Å². The van der Waals surface area contributed by atoms with Gasteiger partial charge in [-0.1, -0.05) is 30.3 Å². The van der Waals surface area contributed by atoms with E-state index in [0.717, 1.165) is 5.56 Å². The maximum absolute atomic E-state index is 12.2. The van der Waals surface area contributed by atoms with Crippen LogP contribution in [0, 0.1) is 0 Å². The lowest BCUT2D eigenvalue weighted by atomic mass is 10.1. The number of rotatable bonds is 10. The van der Waals surface area contributed by atoms with Crippen LogP contribution in [0.3, 0.4) is 0 Å². The van der Waals surface area contributed by atoms with Crippen LogP contribution in [0.1, 0.15) is 18.4 Å². The zero-order chi connectivity index (χ0) is 19.7. The standard InChI is InChI=1S/C20H24O6S/c1-24-18-11-6-8-16(20(18)25-2)12-13-19(21)26-14-7-15-27(22,23)17-9-4-3-5-10-17/h3-6,8-11H,7,12-15H2,1-2H3. The van der Waals surface area contributed by atoms with E-state index in [1.165, 1.54) is 0 Å². The Bertz CT molecular complexity index is 846. The molecule has 146 valence electrons. The summed E-state index contributed by atoms with van der Waals surface area (Å²) in [4.78, 5) is 12.2. The van der Waals surface area contributed by atoms with Crippen molar-refractivity contribution in [3.63, 3.8) is 0 Å². The first-order chi connectivity index (χ1) is 13.0. The number of methoxy groups -OCH3 is 2. The van der Waals surface area contributed by atoms with Gasteiger partial charge in [0.1, 0.15) is 0 Å². The summed E-state index contributed by atoms with van der Waals surface area (Å²) in [6.07, 6.45) is 0.877. The van der Waals surface area contributed by atoms with Crippen LogP contribution in [-0.4, -0.2) is 41.0 Å². The van der Waals surface area contributed by atoms with Gasteiger partial charge in [0, 0.05) is 6.42 Å². The molecule has 27 heavy (non-hydrogen) atoms. The van der Waals surface area contributed by atoms with E-state index < -0.39 is 9.84 Å². The summed E-state index contributed by atoms with van der Waals surface area (Å²) in [6, 6.07) is 13.7. The molecule has 0 radical (unpaired) electrons. The summed E-state index contributed by atoms with van der Waals surface area (Å²) in [7, 11) is -0.249. The van der Waals surface area contributed by atoms with Crippen molar-refractivity contribution in [3.8, 4) is 11.5 Å². The zero-order valence-electron chi connectivity index (χ0n) is 15.5. The van der Waals surface area contributed by atoms with Crippen LogP contribution in [0.5, 0.6) is 11.5 Å². The van der Waals surface area contributed by atoms with Crippen LogP contribution in [-0.2, 0) is 25.8 Å². The van der Waals surface area contributed by atoms with Gasteiger partial charge in [0.05, 0.1) is 31.5 Å². The van der Waals surface area contributed by atoms with Crippen molar-refractivity contribution in [2.75, 3.05) is 26.6 Å². The highest BCUT2D eigenvalue weighted by molar-refractivity contribution is 7.91. The second-order valence-corrected chi connectivity index (χ2v) is 7.97. The summed E-state index contributed by atoms with van der Waals surface area (Å²) < 4.78 is 40.0. The normalized spacial score (nSPS) is 11.0. The van der Waals surface area contributed by atoms with Gasteiger partial charge in [-0.15, -0.1) is 0 Å². The Morgan fingerprint density at radius 3 is 2.37 bits per heavy atom. The summed E-state index contributed by atoms with van der Waals surface area (Å²) in [5.74, 6) is 0.766. The molecule has 0 fully saturated rings. The lowest BCUT2D eigenvalue weighted by Gasteiger charge is -2.12. The van der Waals surface area contributed by atoms with E-state index in [4.69, 9.17) is 14.2 Å². The van der Waals surface area contributed by atoms with Gasteiger partial charge in [-0.25, -0.2) is 8.42 Å². The molecule has 0 aliphatic carbocycles. The van der Waals surface area contributed by atoms with Crippen molar-refractivity contribution in [3.05, 3.63) is 54.1 Å². The van der Waals surface area contributed by atoms with Gasteiger partial charge in [0.2, 0.25) is 0 Å². The Balaban J connectivity index is 1.77. The molecule has 0 atom stereocenters. The van der Waals surface area contributed by atoms with Crippen molar-refractivity contribution < 1.29 is 27.4 Å². The quantitative estimate of drug-likeness (QED) is 0.457. The zero-order valence-corrected chi connectivity index (χ0v) is 16.3. The number of carbonyl (C=O) groups excluding carboxylic acids is 1. The highest BCUT2D eigenvalue weighted by Crippen LogP contribution is 2.31. The van der Waals surface area contributed by atoms with Crippen LogP contribution in [0.15, 0.2) is 53.4 Å². The average Bonchev–Trinajstić information content (AvgIpc) is 2.69. The molecule has 0 bridgehead atoms. The molecule has 6 nitrogen and oxygen atoms in total. The first-order valence-electron chi connectivity index (χ1n) is 8.61. The molecule has 7 heteroatoms. The van der Waals surface area contributed by atoms with Crippen LogP contribution < -0.4 is 9.47 Å². The third-order valence-electron chi connectivity index (χ3n) is 4.01. The molecule has 2 aromatic rings. The number of carbonyl (C=O) groups is 1. The molecule has 0 aliphatic rings. The van der Waals surface area contributed by atoms with Crippen LogP contribution in [0.4, 0.5) is 0 Å². The van der Waals surface area contributed by atoms with Crippen LogP contribution in [0.25, 0.3) is 0 Å². The Morgan fingerprint density at radius 2 is 1.70 bits per heavy atom. The van der Waals surface area contributed by atoms with Crippen molar-refractivity contribution in [2.24, 2.45) is 0 Å². The number of hydrogen-bond acceptors (Lipinski definition) is 6. The SMILES string of the molecule is COc1cccc(CCC(=O)OCCCS(=O)(=O)c2ccccc2)c1OC. The first kappa shape index (κ1) is 20.8. The van der Waals surface area contributed by atoms with Gasteiger partial charge in [-0.2, -0.15) is 0 Å². The number of ether oxygens (including phenoxy) is 3. The van der Waals surface area contributed by atoms with Gasteiger partial charge < -0.3 is 14.2 Å². The van der Waals surface area contributed by atoms with Gasteiger partial charge in [0.25, 0.3) is 0 Å². The summed E-state index contributed by atoms with van der Waals surface area (Å²) in [5, 5.41) is 0. The number of sulfone groups is 1. The maximum atomic E-state index is 12.2. The average molecular weight is 392 g/mol. The summed E-state index contributed by atoms with van der Waals surface area (Å²) in [6.45, 7) is 0.0696. The fourth-order valence-corrected chi connectivity index (χ4v) is 3.95. The predicted octanol–water partition coefficient (Wildman–Crippen LogP) is 3.04. The fraction of sp³-hybridized carbons (Fsp3) is 0.350. The van der Waals surface area contributed by atoms with E-state index in [9.17, 15) is 13.2 Å². The van der Waals surface area contributed by atoms with Gasteiger partial charge in [-0.05, 0) is 36.6 Å². The van der Waals surface area contributed by atoms with Crippen molar-refractivity contribution >= 4 is 15.8 Å². The van der Waals surface area contributed by atoms with E-state index >= 15 is 0 Å². The largest absolute Gasteiger partial charge is 0.493 e. The van der Waals surface area contributed by atoms with E-state index in [2.05, 4.69) is 0 Å². The lowest BCUT2D eigenvalue weighted by molar-refractivity contribution is -0.143. The highest BCUT2D eigenvalue weighted by atomic mass is 32.2. The maximum Gasteiger partial charge on any atom is 0.306 e. The first-order valence-corrected chi connectivity index (χ1v) is 10.3. The van der Waals surface area contributed by atoms with E-state index in [1.54, 1.807) is 50.6 Å². The monoisotopic (exact) mass is 392 g/mol. The van der Waals surface area contributed by atoms with Crippen LogP contribution >= 0.6 is 0 Å². The number of para-hydroxylation sites is 1. The number of benzene rings is 2. The molecule has 2 aromatic carbocycles. The molecular formula is C20H24O6S.